The predicted octanol–water partition coefficient (Wildman–Crippen LogP) is 11.0. The van der Waals surface area contributed by atoms with E-state index >= 15 is 0 Å². The molecule has 0 aliphatic rings. The maximum atomic E-state index is 12.2. The summed E-state index contributed by atoms with van der Waals surface area (Å²) in [6.07, 6.45) is 0. The molecule has 0 aliphatic heterocycles. The Morgan fingerprint density at radius 3 is 1.42 bits per heavy atom. The molecule has 0 radical (unpaired) electrons. The number of aromatic nitrogens is 5. The number of rotatable bonds is 19. The van der Waals surface area contributed by atoms with E-state index in [0.717, 1.165) is 34.0 Å². The fourth-order valence-corrected chi connectivity index (χ4v) is 12.0. The molecule has 0 saturated carbocycles. The van der Waals surface area contributed by atoms with E-state index in [-0.39, 0.29) is 70.2 Å². The molecule has 0 fully saturated rings. The average molecular weight is 1030 g/mol. The van der Waals surface area contributed by atoms with E-state index in [2.05, 4.69) is 60.8 Å². The summed E-state index contributed by atoms with van der Waals surface area (Å²) in [6.45, 7) is 10.8. The van der Waals surface area contributed by atoms with Gasteiger partial charge in [-0.25, -0.2) is 9.97 Å². The number of hydrogen-bond acceptors (Lipinski definition) is 21. The second-order valence-corrected chi connectivity index (χ2v) is 20.2. The maximum absolute atomic E-state index is 12.2. The second kappa shape index (κ2) is 20.7. The lowest BCUT2D eigenvalue weighted by molar-refractivity contribution is 0.322. The Labute approximate surface area is 400 Å². The number of nitrogens with zero attached hydrogens (tertiary/aromatic N) is 11. The van der Waals surface area contributed by atoms with Gasteiger partial charge in [0.25, 0.3) is 20.2 Å². The van der Waals surface area contributed by atoms with Crippen LogP contribution in [0.5, 0.6) is 0 Å². The Kier molecular flexibility index (Phi) is 15.3. The van der Waals surface area contributed by atoms with Crippen LogP contribution in [0.1, 0.15) is 27.7 Å². The standard InChI is InChI=1S/C39H39Cl2N13O7S5/c1-5-53(6-2)21-9-13-25(49-51-38-44-27-15-11-23(40)33(31(27)63-38)65(56,57)58)29(19-21)42-35-46-36(48-37(47-35)62-18-17-55)43-30-20-22(54(7-3)8-4)10-14-26(30)50-52-39-45-28-16-12-24(41)34(32(28)64-39)66(59,60)61/h9-16,19-20,55H,5-8,17-18H2,1-4H3,(H,56,57,58)(H,59,60,61)(H2,42,43,46,47,48)/b51-49+,52-50+. The summed E-state index contributed by atoms with van der Waals surface area (Å²) < 4.78 is 68.6. The first kappa shape index (κ1) is 48.7. The molecule has 0 aliphatic carbocycles. The molecule has 0 spiro atoms. The number of aliphatic hydroxyl groups is 1. The third kappa shape index (κ3) is 11.1. The molecule has 5 N–H and O–H groups in total. The number of fused-ring (bicyclic) bond motifs is 2. The van der Waals surface area contributed by atoms with Crippen LogP contribution in [0.2, 0.25) is 10.0 Å². The van der Waals surface area contributed by atoms with Crippen molar-refractivity contribution in [1.82, 2.24) is 24.9 Å². The van der Waals surface area contributed by atoms with Crippen LogP contribution in [-0.2, 0) is 20.2 Å². The number of aliphatic hydroxyl groups excluding tert-OH is 1. The summed E-state index contributed by atoms with van der Waals surface area (Å²) >= 11 is 15.2. The number of thiazole rings is 2. The summed E-state index contributed by atoms with van der Waals surface area (Å²) in [7, 11) is -9.35. The third-order valence-corrected chi connectivity index (χ3v) is 15.3. The number of halogens is 2. The van der Waals surface area contributed by atoms with E-state index in [4.69, 9.17) is 28.2 Å². The lowest BCUT2D eigenvalue weighted by Gasteiger charge is -2.22. The van der Waals surface area contributed by atoms with E-state index in [1.54, 1.807) is 12.1 Å². The molecule has 27 heteroatoms. The Bertz CT molecular complexity index is 3020. The molecule has 66 heavy (non-hydrogen) atoms. The van der Waals surface area contributed by atoms with Crippen molar-refractivity contribution >= 4 is 155 Å². The van der Waals surface area contributed by atoms with Crippen LogP contribution in [-0.4, -0.2) is 94.5 Å². The normalized spacial score (nSPS) is 12.3. The quantitative estimate of drug-likeness (QED) is 0.0286. The molecular formula is C39H39Cl2N13O7S5. The predicted molar refractivity (Wildman–Crippen MR) is 261 cm³/mol. The van der Waals surface area contributed by atoms with Crippen molar-refractivity contribution in [1.29, 1.82) is 0 Å². The first-order valence-electron chi connectivity index (χ1n) is 19.8. The molecule has 0 unspecified atom stereocenters. The van der Waals surface area contributed by atoms with Gasteiger partial charge in [-0.2, -0.15) is 31.8 Å². The molecule has 0 bridgehead atoms. The summed E-state index contributed by atoms with van der Waals surface area (Å²) in [5, 5.41) is 34.0. The molecule has 0 atom stereocenters. The van der Waals surface area contributed by atoms with Gasteiger partial charge in [-0.05, 0) is 88.4 Å². The van der Waals surface area contributed by atoms with Gasteiger partial charge in [0.1, 0.15) is 21.2 Å². The van der Waals surface area contributed by atoms with Crippen LogP contribution < -0.4 is 20.4 Å². The summed E-state index contributed by atoms with van der Waals surface area (Å²) in [5.74, 6) is 0.467. The summed E-state index contributed by atoms with van der Waals surface area (Å²) in [5.41, 5.74) is 3.77. The lowest BCUT2D eigenvalue weighted by atomic mass is 10.2. The number of nitrogens with one attached hydrogen (secondary N) is 2. The molecule has 0 saturated heterocycles. The van der Waals surface area contributed by atoms with Gasteiger partial charge in [0, 0.05) is 43.3 Å². The van der Waals surface area contributed by atoms with Crippen molar-refractivity contribution in [3.63, 3.8) is 0 Å². The topological polar surface area (TPSA) is 273 Å². The van der Waals surface area contributed by atoms with E-state index in [9.17, 15) is 31.0 Å². The largest absolute Gasteiger partial charge is 0.396 e. The minimum atomic E-state index is -4.67. The number of hydrogen-bond donors (Lipinski definition) is 5. The van der Waals surface area contributed by atoms with Crippen LogP contribution in [0.15, 0.2) is 96.1 Å². The minimum absolute atomic E-state index is 0.0966. The van der Waals surface area contributed by atoms with Gasteiger partial charge in [0.2, 0.25) is 22.2 Å². The van der Waals surface area contributed by atoms with Crippen molar-refractivity contribution in [3.8, 4) is 0 Å². The molecule has 3 aromatic heterocycles. The first-order valence-corrected chi connectivity index (χ1v) is 26.1. The molecule has 0 amide bonds. The van der Waals surface area contributed by atoms with Gasteiger partial charge in [-0.3, -0.25) is 9.11 Å². The zero-order valence-corrected chi connectivity index (χ0v) is 40.8. The van der Waals surface area contributed by atoms with Crippen molar-refractivity contribution in [2.24, 2.45) is 20.5 Å². The maximum Gasteiger partial charge on any atom is 0.297 e. The number of anilines is 6. The SMILES string of the molecule is CCN(CC)c1ccc(/N=N/c2nc3ccc(Cl)c(S(=O)(=O)O)c3s2)c(Nc2nc(Nc3cc(N(CC)CC)ccc3/N=N/c3nc4ccc(Cl)c(S(=O)(=O)O)c4s3)nc(SCCO)n2)c1. The monoisotopic (exact) mass is 1030 g/mol. The molecular weight excluding hydrogens is 994 g/mol. The van der Waals surface area contributed by atoms with Crippen LogP contribution in [0, 0.1) is 0 Å². The Morgan fingerprint density at radius 2 is 1.05 bits per heavy atom. The molecule has 3 heterocycles. The van der Waals surface area contributed by atoms with E-state index < -0.39 is 30.0 Å². The first-order chi connectivity index (χ1) is 31.5. The van der Waals surface area contributed by atoms with Crippen LogP contribution >= 0.6 is 57.6 Å². The van der Waals surface area contributed by atoms with Crippen LogP contribution in [0.25, 0.3) is 20.4 Å². The van der Waals surface area contributed by atoms with E-state index in [0.29, 0.717) is 48.9 Å². The second-order valence-electron chi connectivity index (χ2n) is 13.6. The van der Waals surface area contributed by atoms with Crippen LogP contribution in [0.3, 0.4) is 0 Å². The highest BCUT2D eigenvalue weighted by Crippen LogP contribution is 2.41. The van der Waals surface area contributed by atoms with Gasteiger partial charge in [-0.1, -0.05) is 57.6 Å². The third-order valence-electron chi connectivity index (χ3n) is 9.56. The van der Waals surface area contributed by atoms with Gasteiger partial charge >= 0.3 is 0 Å². The zero-order valence-electron chi connectivity index (χ0n) is 35.2. The number of azo groups is 2. The molecule has 7 aromatic rings. The van der Waals surface area contributed by atoms with Crippen molar-refractivity contribution < 1.29 is 31.0 Å². The minimum Gasteiger partial charge on any atom is -0.396 e. The lowest BCUT2D eigenvalue weighted by Crippen LogP contribution is -2.21. The fourth-order valence-electron chi connectivity index (χ4n) is 6.53. The smallest absolute Gasteiger partial charge is 0.297 e. The number of thioether (sulfide) groups is 1. The highest BCUT2D eigenvalue weighted by atomic mass is 35.5. The van der Waals surface area contributed by atoms with Gasteiger partial charge < -0.3 is 25.5 Å². The van der Waals surface area contributed by atoms with Crippen molar-refractivity contribution in [3.05, 3.63) is 70.7 Å². The average Bonchev–Trinajstić information content (AvgIpc) is 3.88. The highest BCUT2D eigenvalue weighted by molar-refractivity contribution is 7.99. The fraction of sp³-hybridized carbons (Fsp3) is 0.256. The highest BCUT2D eigenvalue weighted by Gasteiger charge is 2.24. The van der Waals surface area contributed by atoms with Gasteiger partial charge in [-0.15, -0.1) is 20.5 Å². The Balaban J connectivity index is 1.28. The molecule has 20 nitrogen and oxygen atoms in total. The van der Waals surface area contributed by atoms with E-state index in [1.807, 2.05) is 52.0 Å². The van der Waals surface area contributed by atoms with E-state index in [1.165, 1.54) is 36.0 Å². The van der Waals surface area contributed by atoms with Crippen molar-refractivity contribution in [2.75, 3.05) is 59.0 Å². The van der Waals surface area contributed by atoms with Gasteiger partial charge in [0.15, 0.2) is 5.16 Å². The summed E-state index contributed by atoms with van der Waals surface area (Å²) in [6, 6.07) is 16.6. The Morgan fingerprint density at radius 1 is 0.621 bits per heavy atom. The van der Waals surface area contributed by atoms with Crippen LogP contribution in [0.4, 0.5) is 56.3 Å². The number of benzene rings is 4. The Hall–Kier alpha value is -5.22. The molecule has 346 valence electrons. The molecule has 7 rings (SSSR count). The summed E-state index contributed by atoms with van der Waals surface area (Å²) in [4.78, 5) is 26.1. The zero-order chi connectivity index (χ0) is 47.3. The van der Waals surface area contributed by atoms with Gasteiger partial charge in [0.05, 0.1) is 48.5 Å². The molecule has 4 aromatic carbocycles. The van der Waals surface area contributed by atoms with Crippen molar-refractivity contribution in [2.45, 2.75) is 42.6 Å².